The summed E-state index contributed by atoms with van der Waals surface area (Å²) >= 11 is 0. The molecule has 12 atom stereocenters. The molecular formula is C28H50N2O3. The molecule has 0 amide bonds. The number of ether oxygens (including phenoxy) is 1. The van der Waals surface area contributed by atoms with Gasteiger partial charge in [-0.3, -0.25) is 10.1 Å². The maximum atomic E-state index is 8.36. The van der Waals surface area contributed by atoms with Gasteiger partial charge in [0.25, 0.3) is 6.47 Å². The molecule has 0 aromatic carbocycles. The number of nitrogens with one attached hydrogen (secondary N) is 1. The van der Waals surface area contributed by atoms with Gasteiger partial charge in [-0.15, -0.1) is 0 Å². The van der Waals surface area contributed by atoms with Gasteiger partial charge in [-0.25, -0.2) is 0 Å². The van der Waals surface area contributed by atoms with Gasteiger partial charge in [0, 0.05) is 18.5 Å². The number of hydrogen-bond acceptors (Lipinski definition) is 4. The van der Waals surface area contributed by atoms with Crippen molar-refractivity contribution in [2.45, 2.75) is 111 Å². The Hall–Kier alpha value is -0.650. The summed E-state index contributed by atoms with van der Waals surface area (Å²) in [5.41, 5.74) is 7.45. The zero-order chi connectivity index (χ0) is 24.0. The predicted molar refractivity (Wildman–Crippen MR) is 133 cm³/mol. The van der Waals surface area contributed by atoms with Crippen molar-refractivity contribution in [3.05, 3.63) is 0 Å². The largest absolute Gasteiger partial charge is 0.483 e. The lowest BCUT2D eigenvalue weighted by atomic mass is 9.44. The summed E-state index contributed by atoms with van der Waals surface area (Å²) in [6, 6.07) is 0.466. The molecular weight excluding hydrogens is 412 g/mol. The summed E-state index contributed by atoms with van der Waals surface area (Å²) in [7, 11) is 0. The molecule has 1 aliphatic heterocycles. The average molecular weight is 463 g/mol. The molecule has 0 bridgehead atoms. The van der Waals surface area contributed by atoms with Crippen LogP contribution in [0, 0.1) is 52.3 Å². The molecule has 4 aliphatic carbocycles. The fourth-order valence-corrected chi connectivity index (χ4v) is 9.59. The summed E-state index contributed by atoms with van der Waals surface area (Å²) in [6.45, 7) is 13.3. The summed E-state index contributed by atoms with van der Waals surface area (Å²) in [5.74, 6) is 5.78. The van der Waals surface area contributed by atoms with Gasteiger partial charge in [-0.05, 0) is 97.7 Å². The lowest BCUT2D eigenvalue weighted by Crippen LogP contribution is -2.55. The first kappa shape index (κ1) is 25.4. The number of carbonyl (C=O) groups is 1. The van der Waals surface area contributed by atoms with Crippen LogP contribution in [0.25, 0.3) is 0 Å². The number of hydrogen-bond donors (Lipinski definition) is 3. The van der Waals surface area contributed by atoms with Gasteiger partial charge in [0.2, 0.25) is 0 Å². The minimum atomic E-state index is -0.250. The summed E-state index contributed by atoms with van der Waals surface area (Å²) < 4.78 is 6.75. The molecule has 1 saturated heterocycles. The highest BCUT2D eigenvalue weighted by Crippen LogP contribution is 2.69. The van der Waals surface area contributed by atoms with E-state index >= 15 is 0 Å². The second-order valence-corrected chi connectivity index (χ2v) is 13.0. The Morgan fingerprint density at radius 1 is 1.12 bits per heavy atom. The van der Waals surface area contributed by atoms with Crippen LogP contribution in [0.4, 0.5) is 0 Å². The molecule has 0 spiro atoms. The number of carboxylic acid groups (broad SMARTS) is 1. The first-order valence-electron chi connectivity index (χ1n) is 13.9. The molecule has 4 N–H and O–H groups in total. The maximum Gasteiger partial charge on any atom is 0.290 e. The van der Waals surface area contributed by atoms with Crippen LogP contribution in [0.5, 0.6) is 0 Å². The summed E-state index contributed by atoms with van der Waals surface area (Å²) in [6.07, 6.45) is 13.0. The highest BCUT2D eigenvalue weighted by atomic mass is 16.5. The van der Waals surface area contributed by atoms with Crippen LogP contribution in [0.2, 0.25) is 0 Å². The molecule has 33 heavy (non-hydrogen) atoms. The summed E-state index contributed by atoms with van der Waals surface area (Å²) in [4.78, 5) is 8.36. The van der Waals surface area contributed by atoms with E-state index in [1.54, 1.807) is 0 Å². The number of nitrogens with two attached hydrogens (primary N) is 1. The smallest absolute Gasteiger partial charge is 0.290 e. The van der Waals surface area contributed by atoms with Crippen molar-refractivity contribution >= 4 is 6.47 Å². The van der Waals surface area contributed by atoms with Crippen molar-refractivity contribution in [1.82, 2.24) is 5.32 Å². The van der Waals surface area contributed by atoms with E-state index < -0.39 is 0 Å². The molecule has 4 saturated carbocycles. The molecule has 0 aromatic rings. The third kappa shape index (κ3) is 4.29. The minimum Gasteiger partial charge on any atom is -0.483 e. The third-order valence-electron chi connectivity index (χ3n) is 11.5. The van der Waals surface area contributed by atoms with E-state index in [2.05, 4.69) is 39.9 Å². The van der Waals surface area contributed by atoms with Gasteiger partial charge in [0.05, 0.1) is 6.10 Å². The first-order valence-corrected chi connectivity index (χ1v) is 13.9. The average Bonchev–Trinajstić information content (AvgIpc) is 3.26. The quantitative estimate of drug-likeness (QED) is 0.495. The molecule has 5 rings (SSSR count). The van der Waals surface area contributed by atoms with E-state index in [0.717, 1.165) is 42.1 Å². The molecule has 5 heteroatoms. The maximum absolute atomic E-state index is 8.36. The number of rotatable bonds is 4. The van der Waals surface area contributed by atoms with Crippen molar-refractivity contribution in [2.75, 3.05) is 6.54 Å². The normalized spacial score (nSPS) is 51.3. The van der Waals surface area contributed by atoms with E-state index in [0.29, 0.717) is 28.9 Å². The Balaban J connectivity index is 0.000000821. The Labute approximate surface area is 202 Å². The van der Waals surface area contributed by atoms with E-state index in [4.69, 9.17) is 20.4 Å². The van der Waals surface area contributed by atoms with Crippen LogP contribution in [-0.4, -0.2) is 36.5 Å². The summed E-state index contributed by atoms with van der Waals surface area (Å²) in [5, 5.41) is 10.7. The molecule has 0 aromatic heterocycles. The van der Waals surface area contributed by atoms with Crippen molar-refractivity contribution in [3.8, 4) is 0 Å². The van der Waals surface area contributed by atoms with E-state index in [9.17, 15) is 0 Å². The van der Waals surface area contributed by atoms with Gasteiger partial charge < -0.3 is 15.6 Å². The van der Waals surface area contributed by atoms with Crippen molar-refractivity contribution in [3.63, 3.8) is 0 Å². The zero-order valence-electron chi connectivity index (χ0n) is 21.8. The van der Waals surface area contributed by atoms with E-state index in [1.807, 2.05) is 0 Å². The SMILES string of the molecule is CC[C@H](C)CNC1O[C@H]2CC3C4CCC5CC(N)CCC5(C)C4CCC3(C)C2[C@@H]1C.O=CO. The number of fused-ring (bicyclic) bond motifs is 7. The Bertz CT molecular complexity index is 688. The van der Waals surface area contributed by atoms with E-state index in [1.165, 1.54) is 57.8 Å². The molecule has 190 valence electrons. The highest BCUT2D eigenvalue weighted by molar-refractivity contribution is 5.32. The lowest BCUT2D eigenvalue weighted by Gasteiger charge is -2.61. The van der Waals surface area contributed by atoms with Crippen LogP contribution >= 0.6 is 0 Å². The Morgan fingerprint density at radius 3 is 2.52 bits per heavy atom. The molecule has 5 nitrogen and oxygen atoms in total. The Kier molecular flexibility index (Phi) is 7.54. The molecule has 9 unspecified atom stereocenters. The van der Waals surface area contributed by atoms with Gasteiger partial charge in [0.15, 0.2) is 0 Å². The zero-order valence-corrected chi connectivity index (χ0v) is 21.8. The van der Waals surface area contributed by atoms with Crippen LogP contribution in [0.3, 0.4) is 0 Å². The molecule has 5 aliphatic rings. The lowest BCUT2D eigenvalue weighted by molar-refractivity contribution is -0.122. The van der Waals surface area contributed by atoms with Gasteiger partial charge >= 0.3 is 0 Å². The van der Waals surface area contributed by atoms with Gasteiger partial charge in [0.1, 0.15) is 6.23 Å². The topological polar surface area (TPSA) is 84.6 Å². The van der Waals surface area contributed by atoms with Crippen molar-refractivity contribution in [1.29, 1.82) is 0 Å². The van der Waals surface area contributed by atoms with Crippen LogP contribution in [0.15, 0.2) is 0 Å². The predicted octanol–water partition coefficient (Wildman–Crippen LogP) is 5.28. The van der Waals surface area contributed by atoms with Crippen molar-refractivity contribution < 1.29 is 14.6 Å². The van der Waals surface area contributed by atoms with Gasteiger partial charge in [-0.1, -0.05) is 41.0 Å². The standard InChI is InChI=1S/C27H48N2O.CH2O2/c1-6-16(2)15-29-25-17(3)24-23(30-25)14-22-20-8-7-18-13-19(28)9-11-26(18,4)21(20)10-12-27(22,24)5;2-1-3/h16-25,29H,6-15,28H2,1-5H3;1H,(H,2,3)/t16-,17-,18?,19?,20?,21?,22?,23-,24?,25?,26?,27?;/m0./s1. The fraction of sp³-hybridized carbons (Fsp3) is 0.964. The molecule has 1 heterocycles. The molecule has 5 fully saturated rings. The Morgan fingerprint density at radius 2 is 1.82 bits per heavy atom. The van der Waals surface area contributed by atoms with E-state index in [-0.39, 0.29) is 12.7 Å². The second kappa shape index (κ2) is 9.78. The van der Waals surface area contributed by atoms with Crippen LogP contribution < -0.4 is 11.1 Å². The fourth-order valence-electron chi connectivity index (χ4n) is 9.59. The third-order valence-corrected chi connectivity index (χ3v) is 11.5. The van der Waals surface area contributed by atoms with Crippen LogP contribution in [0.1, 0.15) is 92.4 Å². The first-order chi connectivity index (χ1) is 15.7. The minimum absolute atomic E-state index is 0.250. The molecule has 0 radical (unpaired) electrons. The van der Waals surface area contributed by atoms with Crippen molar-refractivity contribution in [2.24, 2.45) is 58.0 Å². The highest BCUT2D eigenvalue weighted by Gasteiger charge is 2.65. The monoisotopic (exact) mass is 462 g/mol. The van der Waals surface area contributed by atoms with Crippen LogP contribution in [-0.2, 0) is 9.53 Å². The second-order valence-electron chi connectivity index (χ2n) is 13.0. The van der Waals surface area contributed by atoms with Gasteiger partial charge in [-0.2, -0.15) is 0 Å².